The Morgan fingerprint density at radius 1 is 1.32 bits per heavy atom. The molecule has 5 heteroatoms. The summed E-state index contributed by atoms with van der Waals surface area (Å²) in [5.74, 6) is -0.262. The molecular formula is C14H17N3O2. The van der Waals surface area contributed by atoms with Gasteiger partial charge in [0.2, 0.25) is 0 Å². The second kappa shape index (κ2) is 5.22. The van der Waals surface area contributed by atoms with Crippen molar-refractivity contribution in [1.82, 2.24) is 15.0 Å². The van der Waals surface area contributed by atoms with Crippen molar-refractivity contribution in [2.45, 2.75) is 25.8 Å². The van der Waals surface area contributed by atoms with Gasteiger partial charge in [0.05, 0.1) is 25.3 Å². The summed E-state index contributed by atoms with van der Waals surface area (Å²) < 4.78 is 6.40. The zero-order chi connectivity index (χ0) is 13.9. The van der Waals surface area contributed by atoms with E-state index in [0.29, 0.717) is 0 Å². The van der Waals surface area contributed by atoms with Crippen molar-refractivity contribution in [3.8, 4) is 11.3 Å². The minimum absolute atomic E-state index is 0.251. The molecule has 19 heavy (non-hydrogen) atoms. The summed E-state index contributed by atoms with van der Waals surface area (Å²) in [6.07, 6.45) is 2.10. The first kappa shape index (κ1) is 13.3. The van der Waals surface area contributed by atoms with Crippen molar-refractivity contribution >= 4 is 5.97 Å². The molecule has 0 aliphatic rings. The molecule has 0 N–H and O–H groups in total. The Bertz CT molecular complexity index is 561. The van der Waals surface area contributed by atoms with Crippen LogP contribution in [0, 0.1) is 0 Å². The van der Waals surface area contributed by atoms with Crippen LogP contribution in [0.5, 0.6) is 0 Å². The number of methoxy groups -OCH3 is 1. The van der Waals surface area contributed by atoms with Crippen molar-refractivity contribution in [3.05, 3.63) is 36.5 Å². The molecule has 0 radical (unpaired) electrons. The second-order valence-corrected chi connectivity index (χ2v) is 4.98. The van der Waals surface area contributed by atoms with Crippen molar-refractivity contribution in [2.24, 2.45) is 0 Å². The van der Waals surface area contributed by atoms with E-state index in [2.05, 4.69) is 10.3 Å². The highest BCUT2D eigenvalue weighted by atomic mass is 16.5. The molecule has 1 aromatic carbocycles. The monoisotopic (exact) mass is 259 g/mol. The Morgan fingerprint density at radius 2 is 2.00 bits per heavy atom. The van der Waals surface area contributed by atoms with Crippen LogP contribution < -0.4 is 0 Å². The Labute approximate surface area is 112 Å². The summed E-state index contributed by atoms with van der Waals surface area (Å²) in [6.45, 7) is 3.85. The van der Waals surface area contributed by atoms with Crippen LogP contribution in [0.4, 0.5) is 0 Å². The predicted molar refractivity (Wildman–Crippen MR) is 71.4 cm³/mol. The van der Waals surface area contributed by atoms with Gasteiger partial charge in [-0.25, -0.2) is 4.68 Å². The molecule has 0 bridgehead atoms. The van der Waals surface area contributed by atoms with E-state index in [1.807, 2.05) is 50.4 Å². The zero-order valence-corrected chi connectivity index (χ0v) is 11.3. The molecule has 0 amide bonds. The number of benzene rings is 1. The van der Waals surface area contributed by atoms with E-state index in [1.54, 1.807) is 4.68 Å². The van der Waals surface area contributed by atoms with E-state index < -0.39 is 5.54 Å². The van der Waals surface area contributed by atoms with E-state index in [9.17, 15) is 4.79 Å². The lowest BCUT2D eigenvalue weighted by atomic mass is 10.0. The third-order valence-electron chi connectivity index (χ3n) is 2.99. The van der Waals surface area contributed by atoms with Gasteiger partial charge in [-0.1, -0.05) is 35.5 Å². The van der Waals surface area contributed by atoms with Gasteiger partial charge >= 0.3 is 5.97 Å². The van der Waals surface area contributed by atoms with Gasteiger partial charge in [0, 0.05) is 5.56 Å². The van der Waals surface area contributed by atoms with E-state index in [1.165, 1.54) is 7.11 Å². The van der Waals surface area contributed by atoms with Gasteiger partial charge in [0.25, 0.3) is 0 Å². The van der Waals surface area contributed by atoms with Crippen LogP contribution in [0.3, 0.4) is 0 Å². The lowest BCUT2D eigenvalue weighted by Gasteiger charge is -2.22. The molecule has 2 aromatic rings. The Hall–Kier alpha value is -2.17. The number of carbonyl (C=O) groups excluding carboxylic acids is 1. The number of ether oxygens (including phenoxy) is 1. The number of hydrogen-bond donors (Lipinski definition) is 0. The van der Waals surface area contributed by atoms with Gasteiger partial charge in [0.15, 0.2) is 0 Å². The molecule has 1 aromatic heterocycles. The molecule has 0 aliphatic heterocycles. The number of rotatable bonds is 4. The highest BCUT2D eigenvalue weighted by Gasteiger charge is 2.26. The molecule has 5 nitrogen and oxygen atoms in total. The summed E-state index contributed by atoms with van der Waals surface area (Å²) in [5.41, 5.74) is 1.33. The first-order valence-electron chi connectivity index (χ1n) is 6.08. The van der Waals surface area contributed by atoms with Crippen LogP contribution >= 0.6 is 0 Å². The number of carbonyl (C=O) groups is 1. The molecule has 0 aliphatic carbocycles. The first-order valence-corrected chi connectivity index (χ1v) is 6.08. The summed E-state index contributed by atoms with van der Waals surface area (Å²) in [5, 5.41) is 8.26. The molecule has 0 atom stereocenters. The zero-order valence-electron chi connectivity index (χ0n) is 11.3. The van der Waals surface area contributed by atoms with Crippen LogP contribution in [-0.2, 0) is 15.1 Å². The van der Waals surface area contributed by atoms with E-state index in [0.717, 1.165) is 11.3 Å². The van der Waals surface area contributed by atoms with Crippen LogP contribution in [0.1, 0.15) is 20.3 Å². The normalized spacial score (nSPS) is 11.3. The van der Waals surface area contributed by atoms with Crippen LogP contribution in [-0.4, -0.2) is 28.1 Å². The van der Waals surface area contributed by atoms with E-state index >= 15 is 0 Å². The number of hydrogen-bond acceptors (Lipinski definition) is 4. The van der Waals surface area contributed by atoms with E-state index in [4.69, 9.17) is 4.74 Å². The standard InChI is InChI=1S/C14H17N3O2/c1-14(2,9-13(18)19-3)17-10-12(15-16-17)11-7-5-4-6-8-11/h4-8,10H,9H2,1-3H3. The van der Waals surface area contributed by atoms with Crippen molar-refractivity contribution in [1.29, 1.82) is 0 Å². The third-order valence-corrected chi connectivity index (χ3v) is 2.99. The number of nitrogens with zero attached hydrogens (tertiary/aromatic N) is 3. The summed E-state index contributed by atoms with van der Waals surface area (Å²) >= 11 is 0. The van der Waals surface area contributed by atoms with Gasteiger partial charge in [-0.3, -0.25) is 4.79 Å². The van der Waals surface area contributed by atoms with Gasteiger partial charge < -0.3 is 4.74 Å². The number of aromatic nitrogens is 3. The minimum atomic E-state index is -0.465. The fraction of sp³-hybridized carbons (Fsp3) is 0.357. The Kier molecular flexibility index (Phi) is 3.64. The summed E-state index contributed by atoms with van der Waals surface area (Å²) in [4.78, 5) is 11.4. The van der Waals surface area contributed by atoms with Gasteiger partial charge in [-0.15, -0.1) is 5.10 Å². The van der Waals surface area contributed by atoms with E-state index in [-0.39, 0.29) is 12.4 Å². The molecule has 2 rings (SSSR count). The first-order chi connectivity index (χ1) is 9.03. The molecule has 0 spiro atoms. The van der Waals surface area contributed by atoms with Gasteiger partial charge in [-0.2, -0.15) is 0 Å². The van der Waals surface area contributed by atoms with Crippen molar-refractivity contribution in [2.75, 3.05) is 7.11 Å². The van der Waals surface area contributed by atoms with Crippen LogP contribution in [0.25, 0.3) is 11.3 Å². The molecule has 1 heterocycles. The minimum Gasteiger partial charge on any atom is -0.469 e. The molecule has 0 fully saturated rings. The van der Waals surface area contributed by atoms with Gasteiger partial charge in [-0.05, 0) is 13.8 Å². The second-order valence-electron chi connectivity index (χ2n) is 4.98. The summed E-state index contributed by atoms with van der Waals surface area (Å²) in [6, 6.07) is 9.81. The quantitative estimate of drug-likeness (QED) is 0.790. The predicted octanol–water partition coefficient (Wildman–Crippen LogP) is 2.24. The smallest absolute Gasteiger partial charge is 0.307 e. The molecule has 0 unspecified atom stereocenters. The lowest BCUT2D eigenvalue weighted by Crippen LogP contribution is -2.30. The fourth-order valence-electron chi connectivity index (χ4n) is 1.81. The Morgan fingerprint density at radius 3 is 2.63 bits per heavy atom. The fourth-order valence-corrected chi connectivity index (χ4v) is 1.81. The maximum Gasteiger partial charge on any atom is 0.307 e. The maximum absolute atomic E-state index is 11.4. The van der Waals surface area contributed by atoms with Crippen molar-refractivity contribution < 1.29 is 9.53 Å². The largest absolute Gasteiger partial charge is 0.469 e. The molecule has 100 valence electrons. The SMILES string of the molecule is COC(=O)CC(C)(C)n1cc(-c2ccccc2)nn1. The molecular weight excluding hydrogens is 242 g/mol. The maximum atomic E-state index is 11.4. The topological polar surface area (TPSA) is 57.0 Å². The summed E-state index contributed by atoms with van der Waals surface area (Å²) in [7, 11) is 1.38. The average Bonchev–Trinajstić information content (AvgIpc) is 2.89. The van der Waals surface area contributed by atoms with Gasteiger partial charge in [0.1, 0.15) is 5.69 Å². The highest BCUT2D eigenvalue weighted by Crippen LogP contribution is 2.22. The third kappa shape index (κ3) is 2.99. The van der Waals surface area contributed by atoms with Crippen LogP contribution in [0.2, 0.25) is 0 Å². The van der Waals surface area contributed by atoms with Crippen LogP contribution in [0.15, 0.2) is 36.5 Å². The highest BCUT2D eigenvalue weighted by molar-refractivity contribution is 5.70. The average molecular weight is 259 g/mol. The molecule has 0 saturated heterocycles. The van der Waals surface area contributed by atoms with Crippen molar-refractivity contribution in [3.63, 3.8) is 0 Å². The Balaban J connectivity index is 2.23. The number of esters is 1. The molecule has 0 saturated carbocycles. The lowest BCUT2D eigenvalue weighted by molar-refractivity contribution is -0.142.